The van der Waals surface area contributed by atoms with Crippen LogP contribution in [-0.2, 0) is 22.5 Å². The second-order valence-electron chi connectivity index (χ2n) is 8.23. The highest BCUT2D eigenvalue weighted by Gasteiger charge is 2.32. The molecule has 0 aliphatic heterocycles. The summed E-state index contributed by atoms with van der Waals surface area (Å²) >= 11 is -1.24. The molecule has 0 heterocycles. The van der Waals surface area contributed by atoms with Crippen molar-refractivity contribution < 1.29 is 14.1 Å². The predicted molar refractivity (Wildman–Crippen MR) is 104 cm³/mol. The number of benzene rings is 1. The largest absolute Gasteiger partial charge is 0.598 e. The smallest absolute Gasteiger partial charge is 0.407 e. The van der Waals surface area contributed by atoms with Gasteiger partial charge in [0.2, 0.25) is 0 Å². The van der Waals surface area contributed by atoms with Crippen LogP contribution in [0.2, 0.25) is 0 Å². The Morgan fingerprint density at radius 2 is 1.72 bits per heavy atom. The van der Waals surface area contributed by atoms with Crippen molar-refractivity contribution in [2.75, 3.05) is 0 Å². The van der Waals surface area contributed by atoms with Crippen molar-refractivity contribution in [2.24, 2.45) is 0 Å². The molecule has 0 spiro atoms. The fraction of sp³-hybridized carbons (Fsp3) is 0.632. The van der Waals surface area contributed by atoms with Crippen LogP contribution in [0.25, 0.3) is 0 Å². The summed E-state index contributed by atoms with van der Waals surface area (Å²) in [6.07, 6.45) is 0.181. The molecule has 142 valence electrons. The summed E-state index contributed by atoms with van der Waals surface area (Å²) in [4.78, 5) is 12.1. The van der Waals surface area contributed by atoms with Crippen LogP contribution in [-0.4, -0.2) is 33.1 Å². The van der Waals surface area contributed by atoms with Crippen LogP contribution in [0, 0.1) is 0 Å². The van der Waals surface area contributed by atoms with Crippen molar-refractivity contribution in [2.45, 2.75) is 77.3 Å². The summed E-state index contributed by atoms with van der Waals surface area (Å²) < 4.78 is 20.7. The van der Waals surface area contributed by atoms with Gasteiger partial charge in [-0.3, -0.25) is 0 Å². The summed E-state index contributed by atoms with van der Waals surface area (Å²) in [6.45, 7) is 13.1. The van der Waals surface area contributed by atoms with Gasteiger partial charge in [0.25, 0.3) is 0 Å². The minimum Gasteiger partial charge on any atom is -0.598 e. The van der Waals surface area contributed by atoms with E-state index in [4.69, 9.17) is 4.74 Å². The number of rotatable bonds is 6. The lowest BCUT2D eigenvalue weighted by atomic mass is 10.0. The van der Waals surface area contributed by atoms with Crippen molar-refractivity contribution in [3.8, 4) is 0 Å². The van der Waals surface area contributed by atoms with Crippen LogP contribution in [0.15, 0.2) is 30.3 Å². The van der Waals surface area contributed by atoms with E-state index in [2.05, 4.69) is 10.0 Å². The molecule has 0 aliphatic rings. The molecule has 0 radical (unpaired) electrons. The number of nitrogens with one attached hydrogen (secondary N) is 2. The number of hydrogen-bond acceptors (Lipinski definition) is 4. The van der Waals surface area contributed by atoms with Crippen molar-refractivity contribution in [1.82, 2.24) is 10.0 Å². The lowest BCUT2D eigenvalue weighted by molar-refractivity contribution is 0.0500. The van der Waals surface area contributed by atoms with Gasteiger partial charge in [-0.25, -0.2) is 4.79 Å². The summed E-state index contributed by atoms with van der Waals surface area (Å²) in [5.74, 6) is 0. The Hall–Kier alpha value is -1.24. The van der Waals surface area contributed by atoms with Crippen LogP contribution >= 0.6 is 0 Å². The van der Waals surface area contributed by atoms with Gasteiger partial charge in [-0.2, -0.15) is 0 Å². The van der Waals surface area contributed by atoms with Gasteiger partial charge in [-0.05, 0) is 60.5 Å². The van der Waals surface area contributed by atoms with E-state index >= 15 is 0 Å². The summed E-state index contributed by atoms with van der Waals surface area (Å²) in [6, 6.07) is 9.51. The third-order valence-electron chi connectivity index (χ3n) is 3.46. The maximum atomic E-state index is 12.5. The SMILES string of the molecule is C[C@H](NC(=O)OC(C)(C)C)[C@@H](Cc1ccccc1)N[S+]([O-])C(C)(C)C. The van der Waals surface area contributed by atoms with Crippen LogP contribution in [0.3, 0.4) is 0 Å². The van der Waals surface area contributed by atoms with Crippen LogP contribution in [0.5, 0.6) is 0 Å². The second-order valence-corrected chi connectivity index (χ2v) is 10.2. The van der Waals surface area contributed by atoms with Gasteiger partial charge < -0.3 is 14.6 Å². The van der Waals surface area contributed by atoms with E-state index in [9.17, 15) is 9.35 Å². The molecule has 0 saturated heterocycles. The molecule has 0 aromatic heterocycles. The fourth-order valence-electron chi connectivity index (χ4n) is 2.10. The molecule has 0 bridgehead atoms. The molecule has 1 aromatic rings. The van der Waals surface area contributed by atoms with Gasteiger partial charge in [0.15, 0.2) is 0 Å². The van der Waals surface area contributed by atoms with Gasteiger partial charge in [0.1, 0.15) is 10.3 Å². The van der Waals surface area contributed by atoms with Crippen LogP contribution in [0.1, 0.15) is 54.0 Å². The number of ether oxygens (including phenoxy) is 1. The van der Waals surface area contributed by atoms with E-state index in [1.807, 2.05) is 78.8 Å². The van der Waals surface area contributed by atoms with E-state index in [1.54, 1.807) is 0 Å². The molecule has 1 unspecified atom stereocenters. The summed E-state index contributed by atoms with van der Waals surface area (Å²) in [7, 11) is 0. The summed E-state index contributed by atoms with van der Waals surface area (Å²) in [5.41, 5.74) is 0.559. The minimum atomic E-state index is -1.24. The first kappa shape index (κ1) is 21.8. The van der Waals surface area contributed by atoms with Crippen molar-refractivity contribution in [3.63, 3.8) is 0 Å². The Balaban J connectivity index is 2.83. The standard InChI is InChI=1S/C19H32N2O3S/c1-14(20-17(22)24-18(2,3)4)16(21-25(23)19(5,6)7)13-15-11-9-8-10-12-15/h8-12,14,16,21H,13H2,1-7H3,(H,20,22)/t14-,16+,25?/m0/s1. The monoisotopic (exact) mass is 368 g/mol. The highest BCUT2D eigenvalue weighted by Crippen LogP contribution is 2.17. The zero-order valence-corrected chi connectivity index (χ0v) is 17.2. The maximum Gasteiger partial charge on any atom is 0.407 e. The van der Waals surface area contributed by atoms with Crippen molar-refractivity contribution >= 4 is 17.5 Å². The highest BCUT2D eigenvalue weighted by molar-refractivity contribution is 7.90. The number of carbonyl (C=O) groups excluding carboxylic acids is 1. The van der Waals surface area contributed by atoms with Gasteiger partial charge >= 0.3 is 6.09 Å². The number of carbonyl (C=O) groups is 1. The maximum absolute atomic E-state index is 12.5. The quantitative estimate of drug-likeness (QED) is 0.753. The third-order valence-corrected chi connectivity index (χ3v) is 5.09. The van der Waals surface area contributed by atoms with Gasteiger partial charge in [0, 0.05) is 17.4 Å². The Kier molecular flexibility index (Phi) is 7.78. The molecule has 0 aliphatic carbocycles. The minimum absolute atomic E-state index is 0.185. The Morgan fingerprint density at radius 1 is 1.16 bits per heavy atom. The van der Waals surface area contributed by atoms with E-state index in [1.165, 1.54) is 0 Å². The number of hydrogen-bond donors (Lipinski definition) is 2. The van der Waals surface area contributed by atoms with Gasteiger partial charge in [-0.15, -0.1) is 4.72 Å². The molecule has 0 fully saturated rings. The van der Waals surface area contributed by atoms with Crippen molar-refractivity contribution in [3.05, 3.63) is 35.9 Å². The molecule has 1 aromatic carbocycles. The van der Waals surface area contributed by atoms with Gasteiger partial charge in [0.05, 0.1) is 6.04 Å². The number of amides is 1. The molecule has 3 atom stereocenters. The normalized spacial score (nSPS) is 16.0. The first-order chi connectivity index (χ1) is 11.4. The molecule has 1 rings (SSSR count). The first-order valence-corrected chi connectivity index (χ1v) is 9.75. The van der Waals surface area contributed by atoms with Gasteiger partial charge in [-0.1, -0.05) is 30.3 Å². The lowest BCUT2D eigenvalue weighted by Gasteiger charge is -2.31. The molecular formula is C19H32N2O3S. The summed E-state index contributed by atoms with van der Waals surface area (Å²) in [5, 5.41) is 2.86. The van der Waals surface area contributed by atoms with Crippen molar-refractivity contribution in [1.29, 1.82) is 0 Å². The average molecular weight is 369 g/mol. The second kappa shape index (κ2) is 8.92. The number of alkyl carbamates (subject to hydrolysis) is 1. The Labute approximate surface area is 155 Å². The molecular weight excluding hydrogens is 336 g/mol. The zero-order chi connectivity index (χ0) is 19.3. The van der Waals surface area contributed by atoms with E-state index in [0.717, 1.165) is 5.56 Å². The lowest BCUT2D eigenvalue weighted by Crippen LogP contribution is -2.54. The highest BCUT2D eigenvalue weighted by atomic mass is 32.2. The molecule has 1 amide bonds. The molecule has 0 saturated carbocycles. The topological polar surface area (TPSA) is 73.4 Å². The average Bonchev–Trinajstić information content (AvgIpc) is 2.44. The zero-order valence-electron chi connectivity index (χ0n) is 16.4. The van der Waals surface area contributed by atoms with E-state index in [-0.39, 0.29) is 16.8 Å². The van der Waals surface area contributed by atoms with Crippen LogP contribution < -0.4 is 10.0 Å². The molecule has 5 nitrogen and oxygen atoms in total. The molecule has 2 N–H and O–H groups in total. The van der Waals surface area contributed by atoms with Crippen LogP contribution in [0.4, 0.5) is 4.79 Å². The molecule has 6 heteroatoms. The van der Waals surface area contributed by atoms with E-state index in [0.29, 0.717) is 6.42 Å². The molecule has 25 heavy (non-hydrogen) atoms. The first-order valence-electron chi connectivity index (χ1n) is 8.60. The Bertz CT molecular complexity index is 538. The van der Waals surface area contributed by atoms with E-state index < -0.39 is 23.1 Å². The fourth-order valence-corrected chi connectivity index (χ4v) is 3.01. The Morgan fingerprint density at radius 3 is 2.20 bits per heavy atom. The third kappa shape index (κ3) is 8.61. The predicted octanol–water partition coefficient (Wildman–Crippen LogP) is 3.56.